The topological polar surface area (TPSA) is 112 Å². The molecule has 1 atom stereocenters. The highest BCUT2D eigenvalue weighted by Crippen LogP contribution is 1.97. The molecule has 0 saturated heterocycles. The van der Waals surface area contributed by atoms with E-state index in [1.807, 2.05) is 6.92 Å². The van der Waals surface area contributed by atoms with Crippen LogP contribution in [-0.4, -0.2) is 33.2 Å². The molecule has 0 heterocycles. The summed E-state index contributed by atoms with van der Waals surface area (Å²) < 4.78 is 0. The number of rotatable bonds is 5. The highest BCUT2D eigenvalue weighted by molar-refractivity contribution is 5.75. The lowest BCUT2D eigenvalue weighted by Crippen LogP contribution is -2.06. The van der Waals surface area contributed by atoms with Gasteiger partial charge >= 0.3 is 17.9 Å². The minimum Gasteiger partial charge on any atom is -0.481 e. The Bertz CT molecular complexity index is 209. The van der Waals surface area contributed by atoms with Crippen molar-refractivity contribution >= 4 is 17.9 Å². The molecule has 0 spiro atoms. The normalized spacial score (nSPS) is 10.8. The number of aliphatic carboxylic acids is 3. The second kappa shape index (κ2) is 8.98. The maximum atomic E-state index is 9.93. The van der Waals surface area contributed by atoms with Gasteiger partial charge in [0.1, 0.15) is 0 Å². The zero-order chi connectivity index (χ0) is 12.4. The molecular weight excluding hydrogens is 204 g/mol. The third-order valence-corrected chi connectivity index (χ3v) is 1.59. The van der Waals surface area contributed by atoms with Gasteiger partial charge in [0.25, 0.3) is 0 Å². The summed E-state index contributed by atoms with van der Waals surface area (Å²) in [6.07, 6.45) is 0.125. The molecule has 0 aliphatic carbocycles. The van der Waals surface area contributed by atoms with Crippen LogP contribution in [-0.2, 0) is 14.4 Å². The fourth-order valence-electron chi connectivity index (χ4n) is 0.388. The van der Waals surface area contributed by atoms with Crippen molar-refractivity contribution in [1.29, 1.82) is 0 Å². The third-order valence-electron chi connectivity index (χ3n) is 1.59. The van der Waals surface area contributed by atoms with E-state index in [1.54, 1.807) is 6.92 Å². The van der Waals surface area contributed by atoms with Gasteiger partial charge in [-0.25, -0.2) is 0 Å². The van der Waals surface area contributed by atoms with E-state index in [0.717, 1.165) is 6.42 Å². The van der Waals surface area contributed by atoms with Crippen molar-refractivity contribution in [3.8, 4) is 0 Å². The lowest BCUT2D eigenvalue weighted by molar-refractivity contribution is -0.143. The Morgan fingerprint density at radius 3 is 1.40 bits per heavy atom. The van der Waals surface area contributed by atoms with Crippen LogP contribution in [0.15, 0.2) is 0 Å². The summed E-state index contributed by atoms with van der Waals surface area (Å²) in [6, 6.07) is 0. The molecule has 6 nitrogen and oxygen atoms in total. The quantitative estimate of drug-likeness (QED) is 0.638. The summed E-state index contributed by atoms with van der Waals surface area (Å²) in [5, 5.41) is 24.0. The Balaban J connectivity index is 0. The third kappa shape index (κ3) is 15.2. The zero-order valence-corrected chi connectivity index (χ0v) is 8.77. The molecule has 0 aromatic rings. The number of carbonyl (C=O) groups is 3. The molecule has 0 rings (SSSR count). The standard InChI is InChI=1S/C5H10O2.C4H6O4/c1-3-4(2)5(6)7;5-3(6)1-2-4(7)8/h4H,3H2,1-2H3,(H,6,7);1-2H2,(H,5,6)(H,7,8). The molecule has 0 amide bonds. The van der Waals surface area contributed by atoms with Gasteiger partial charge in [0.15, 0.2) is 0 Å². The molecule has 0 saturated carbocycles. The van der Waals surface area contributed by atoms with Crippen molar-refractivity contribution in [2.24, 2.45) is 5.92 Å². The average molecular weight is 220 g/mol. The molecule has 0 bridgehead atoms. The van der Waals surface area contributed by atoms with E-state index in [1.165, 1.54) is 0 Å². The highest BCUT2D eigenvalue weighted by Gasteiger charge is 2.05. The smallest absolute Gasteiger partial charge is 0.306 e. The van der Waals surface area contributed by atoms with E-state index in [4.69, 9.17) is 15.3 Å². The van der Waals surface area contributed by atoms with Crippen LogP contribution in [0.25, 0.3) is 0 Å². The monoisotopic (exact) mass is 220 g/mol. The van der Waals surface area contributed by atoms with Crippen LogP contribution in [0, 0.1) is 5.92 Å². The van der Waals surface area contributed by atoms with Crippen molar-refractivity contribution in [3.05, 3.63) is 0 Å². The van der Waals surface area contributed by atoms with E-state index in [2.05, 4.69) is 0 Å². The van der Waals surface area contributed by atoms with Gasteiger partial charge < -0.3 is 15.3 Å². The average Bonchev–Trinajstić information content (AvgIpc) is 2.14. The summed E-state index contributed by atoms with van der Waals surface area (Å²) in [7, 11) is 0. The highest BCUT2D eigenvalue weighted by atomic mass is 16.4. The maximum absolute atomic E-state index is 9.93. The molecule has 0 fully saturated rings. The number of hydrogen-bond acceptors (Lipinski definition) is 3. The summed E-state index contributed by atoms with van der Waals surface area (Å²) >= 11 is 0. The minimum atomic E-state index is -1.08. The Labute approximate surface area is 87.5 Å². The Morgan fingerprint density at radius 2 is 1.33 bits per heavy atom. The summed E-state index contributed by atoms with van der Waals surface area (Å²) in [6.45, 7) is 3.56. The summed E-state index contributed by atoms with van der Waals surface area (Å²) in [4.78, 5) is 29.2. The van der Waals surface area contributed by atoms with Crippen LogP contribution in [0.2, 0.25) is 0 Å². The predicted molar refractivity (Wildman–Crippen MR) is 51.6 cm³/mol. The van der Waals surface area contributed by atoms with Crippen molar-refractivity contribution in [2.75, 3.05) is 0 Å². The van der Waals surface area contributed by atoms with E-state index in [-0.39, 0.29) is 18.8 Å². The maximum Gasteiger partial charge on any atom is 0.306 e. The van der Waals surface area contributed by atoms with Gasteiger partial charge in [-0.3, -0.25) is 14.4 Å². The molecule has 1 unspecified atom stereocenters. The van der Waals surface area contributed by atoms with Gasteiger partial charge in [0.2, 0.25) is 0 Å². The molecule has 0 aliphatic rings. The second-order valence-electron chi connectivity index (χ2n) is 2.94. The van der Waals surface area contributed by atoms with Crippen LogP contribution in [0.1, 0.15) is 33.1 Å². The van der Waals surface area contributed by atoms with Crippen molar-refractivity contribution in [2.45, 2.75) is 33.1 Å². The molecular formula is C9H16O6. The van der Waals surface area contributed by atoms with Crippen LogP contribution in [0.4, 0.5) is 0 Å². The Morgan fingerprint density at radius 1 is 1.00 bits per heavy atom. The fraction of sp³-hybridized carbons (Fsp3) is 0.667. The first-order valence-corrected chi connectivity index (χ1v) is 4.47. The summed E-state index contributed by atoms with van der Waals surface area (Å²) in [5.74, 6) is -3.04. The van der Waals surface area contributed by atoms with E-state index < -0.39 is 17.9 Å². The first-order chi connectivity index (χ1) is 6.81. The molecule has 6 heteroatoms. The SMILES string of the molecule is CCC(C)C(=O)O.O=C(O)CCC(=O)O. The molecule has 3 N–H and O–H groups in total. The van der Waals surface area contributed by atoms with Crippen LogP contribution in [0.3, 0.4) is 0 Å². The molecule has 0 aliphatic heterocycles. The van der Waals surface area contributed by atoms with Gasteiger partial charge in [-0.1, -0.05) is 13.8 Å². The first kappa shape index (κ1) is 15.9. The van der Waals surface area contributed by atoms with Crippen molar-refractivity contribution in [3.63, 3.8) is 0 Å². The largest absolute Gasteiger partial charge is 0.481 e. The van der Waals surface area contributed by atoms with Gasteiger partial charge in [0, 0.05) is 0 Å². The fourth-order valence-corrected chi connectivity index (χ4v) is 0.388. The number of carboxylic acids is 3. The predicted octanol–water partition coefficient (Wildman–Crippen LogP) is 1.05. The van der Waals surface area contributed by atoms with Gasteiger partial charge in [-0.15, -0.1) is 0 Å². The van der Waals surface area contributed by atoms with Crippen molar-refractivity contribution < 1.29 is 29.7 Å². The lowest BCUT2D eigenvalue weighted by Gasteiger charge is -1.96. The number of hydrogen-bond donors (Lipinski definition) is 3. The Hall–Kier alpha value is -1.59. The van der Waals surface area contributed by atoms with E-state index in [0.29, 0.717) is 0 Å². The molecule has 0 aromatic heterocycles. The second-order valence-corrected chi connectivity index (χ2v) is 2.94. The van der Waals surface area contributed by atoms with Gasteiger partial charge in [-0.05, 0) is 6.42 Å². The van der Waals surface area contributed by atoms with Crippen molar-refractivity contribution in [1.82, 2.24) is 0 Å². The molecule has 0 radical (unpaired) electrons. The van der Waals surface area contributed by atoms with Crippen LogP contribution >= 0.6 is 0 Å². The summed E-state index contributed by atoms with van der Waals surface area (Å²) in [5.41, 5.74) is 0. The number of carboxylic acid groups (broad SMARTS) is 3. The minimum absolute atomic E-state index is 0.181. The Kier molecular flexibility index (Phi) is 9.50. The van der Waals surface area contributed by atoms with E-state index >= 15 is 0 Å². The lowest BCUT2D eigenvalue weighted by atomic mass is 10.1. The van der Waals surface area contributed by atoms with Crippen LogP contribution in [0.5, 0.6) is 0 Å². The van der Waals surface area contributed by atoms with E-state index in [9.17, 15) is 14.4 Å². The molecule has 0 aromatic carbocycles. The van der Waals surface area contributed by atoms with Crippen LogP contribution < -0.4 is 0 Å². The van der Waals surface area contributed by atoms with Gasteiger partial charge in [0.05, 0.1) is 18.8 Å². The zero-order valence-electron chi connectivity index (χ0n) is 8.77. The van der Waals surface area contributed by atoms with Gasteiger partial charge in [-0.2, -0.15) is 0 Å². The first-order valence-electron chi connectivity index (χ1n) is 4.47. The molecule has 88 valence electrons. The molecule has 15 heavy (non-hydrogen) atoms.